The molecule has 3 heteroatoms. The van der Waals surface area contributed by atoms with E-state index in [1.54, 1.807) is 0 Å². The third kappa shape index (κ3) is 3.97. The molecule has 2 rings (SSSR count). The number of thiophene rings is 1. The van der Waals surface area contributed by atoms with E-state index in [-0.39, 0.29) is 6.04 Å². The van der Waals surface area contributed by atoms with E-state index in [1.165, 1.54) is 26.0 Å². The first-order valence-electron chi connectivity index (χ1n) is 7.79. The Hall–Kier alpha value is -0.640. The topological polar surface area (TPSA) is 12.0 Å². The quantitative estimate of drug-likeness (QED) is 0.660. The van der Waals surface area contributed by atoms with Crippen LogP contribution in [0.1, 0.15) is 54.8 Å². The molecule has 0 spiro atoms. The minimum atomic E-state index is 0.288. The lowest BCUT2D eigenvalue weighted by Gasteiger charge is -2.20. The van der Waals surface area contributed by atoms with Crippen molar-refractivity contribution in [2.24, 2.45) is 0 Å². The van der Waals surface area contributed by atoms with Crippen LogP contribution in [0, 0.1) is 0 Å². The van der Waals surface area contributed by atoms with Crippen LogP contribution in [-0.2, 0) is 12.8 Å². The maximum absolute atomic E-state index is 3.70. The summed E-state index contributed by atoms with van der Waals surface area (Å²) < 4.78 is 1.21. The van der Waals surface area contributed by atoms with Gasteiger partial charge in [-0.1, -0.05) is 39.0 Å². The number of rotatable bonds is 7. The lowest BCUT2D eigenvalue weighted by atomic mass is 9.96. The van der Waals surface area contributed by atoms with Crippen LogP contribution in [0.3, 0.4) is 0 Å². The Bertz CT molecular complexity index is 576. The summed E-state index contributed by atoms with van der Waals surface area (Å²) in [5, 5.41) is 5.85. The van der Waals surface area contributed by atoms with Gasteiger partial charge in [0.05, 0.1) is 6.04 Å². The maximum Gasteiger partial charge on any atom is 0.0682 e. The van der Waals surface area contributed by atoms with Crippen LogP contribution < -0.4 is 5.32 Å². The molecule has 0 aliphatic carbocycles. The number of hydrogen-bond acceptors (Lipinski definition) is 2. The van der Waals surface area contributed by atoms with E-state index in [0.717, 1.165) is 25.8 Å². The van der Waals surface area contributed by atoms with Crippen LogP contribution in [0.5, 0.6) is 0 Å². The van der Waals surface area contributed by atoms with Gasteiger partial charge in [0.25, 0.3) is 0 Å². The van der Waals surface area contributed by atoms with Crippen molar-refractivity contribution in [3.8, 4) is 0 Å². The van der Waals surface area contributed by atoms with Crippen LogP contribution >= 0.6 is 27.3 Å². The number of hydrogen-bond donors (Lipinski definition) is 1. The number of nitrogens with one attached hydrogen (secondary N) is 1. The molecule has 0 aliphatic rings. The molecule has 114 valence electrons. The van der Waals surface area contributed by atoms with E-state index in [4.69, 9.17) is 0 Å². The van der Waals surface area contributed by atoms with E-state index in [9.17, 15) is 0 Å². The van der Waals surface area contributed by atoms with Crippen molar-refractivity contribution in [2.75, 3.05) is 6.54 Å². The molecule has 0 fully saturated rings. The molecular formula is C18H24BrNS. The molecule has 1 unspecified atom stereocenters. The summed E-state index contributed by atoms with van der Waals surface area (Å²) in [6.45, 7) is 7.72. The molecule has 1 aromatic carbocycles. The Morgan fingerprint density at radius 3 is 2.43 bits per heavy atom. The van der Waals surface area contributed by atoms with Gasteiger partial charge in [0.15, 0.2) is 0 Å². The Balaban J connectivity index is 2.39. The van der Waals surface area contributed by atoms with Gasteiger partial charge < -0.3 is 5.32 Å². The van der Waals surface area contributed by atoms with Crippen molar-refractivity contribution in [3.05, 3.63) is 55.7 Å². The molecule has 1 heterocycles. The zero-order chi connectivity index (χ0) is 15.2. The second-order valence-corrected chi connectivity index (χ2v) is 7.06. The zero-order valence-electron chi connectivity index (χ0n) is 13.1. The summed E-state index contributed by atoms with van der Waals surface area (Å²) in [4.78, 5) is 1.37. The fourth-order valence-electron chi connectivity index (χ4n) is 2.66. The van der Waals surface area contributed by atoms with Crippen molar-refractivity contribution in [2.45, 2.75) is 46.1 Å². The van der Waals surface area contributed by atoms with Crippen molar-refractivity contribution in [1.29, 1.82) is 0 Å². The number of halogens is 1. The molecule has 1 aromatic heterocycles. The summed E-state index contributed by atoms with van der Waals surface area (Å²) in [6, 6.07) is 9.41. The van der Waals surface area contributed by atoms with Crippen LogP contribution in [-0.4, -0.2) is 6.54 Å². The minimum absolute atomic E-state index is 0.288. The molecular weight excluding hydrogens is 342 g/mol. The Kier molecular flexibility index (Phi) is 6.46. The highest BCUT2D eigenvalue weighted by molar-refractivity contribution is 9.10. The number of aryl methyl sites for hydroxylation is 2. The third-order valence-electron chi connectivity index (χ3n) is 3.83. The van der Waals surface area contributed by atoms with Gasteiger partial charge in [-0.15, -0.1) is 11.3 Å². The van der Waals surface area contributed by atoms with Gasteiger partial charge in [-0.05, 0) is 69.9 Å². The highest BCUT2D eigenvalue weighted by Gasteiger charge is 2.18. The van der Waals surface area contributed by atoms with Gasteiger partial charge in [-0.3, -0.25) is 0 Å². The first-order chi connectivity index (χ1) is 10.2. The number of benzene rings is 1. The van der Waals surface area contributed by atoms with E-state index < -0.39 is 0 Å². The average Bonchev–Trinajstić information content (AvgIpc) is 2.93. The monoisotopic (exact) mass is 365 g/mol. The molecule has 1 N–H and O–H groups in total. The SMILES string of the molecule is CCCNC(c1ccc(CC)c(CC)c1)c1sccc1Br. The largest absolute Gasteiger partial charge is 0.306 e. The molecule has 1 nitrogen and oxygen atoms in total. The van der Waals surface area contributed by atoms with E-state index in [2.05, 4.69) is 71.7 Å². The van der Waals surface area contributed by atoms with Crippen LogP contribution in [0.25, 0.3) is 0 Å². The van der Waals surface area contributed by atoms with Crippen molar-refractivity contribution < 1.29 is 0 Å². The van der Waals surface area contributed by atoms with Crippen LogP contribution in [0.4, 0.5) is 0 Å². The summed E-state index contributed by atoms with van der Waals surface area (Å²) in [5.41, 5.74) is 4.33. The van der Waals surface area contributed by atoms with E-state index >= 15 is 0 Å². The lowest BCUT2D eigenvalue weighted by Crippen LogP contribution is -2.23. The van der Waals surface area contributed by atoms with Crippen LogP contribution in [0.2, 0.25) is 0 Å². The highest BCUT2D eigenvalue weighted by Crippen LogP contribution is 2.34. The normalized spacial score (nSPS) is 12.6. The Morgan fingerprint density at radius 1 is 1.10 bits per heavy atom. The molecule has 0 radical (unpaired) electrons. The molecule has 21 heavy (non-hydrogen) atoms. The maximum atomic E-state index is 3.70. The standard InChI is InChI=1S/C18H24BrNS/c1-4-10-20-17(18-16(19)9-11-21-18)15-8-7-13(5-2)14(6-3)12-15/h7-9,11-12,17,20H,4-6,10H2,1-3H3. The fourth-order valence-corrected chi connectivity index (χ4v) is 4.36. The molecule has 0 saturated heterocycles. The van der Waals surface area contributed by atoms with Gasteiger partial charge in [0, 0.05) is 9.35 Å². The molecule has 1 atom stereocenters. The molecule has 0 bridgehead atoms. The van der Waals surface area contributed by atoms with Gasteiger partial charge in [0.1, 0.15) is 0 Å². The van der Waals surface area contributed by atoms with Gasteiger partial charge in [-0.2, -0.15) is 0 Å². The van der Waals surface area contributed by atoms with Gasteiger partial charge >= 0.3 is 0 Å². The fraction of sp³-hybridized carbons (Fsp3) is 0.444. The third-order valence-corrected chi connectivity index (χ3v) is 5.77. The lowest BCUT2D eigenvalue weighted by molar-refractivity contribution is 0.604. The first kappa shape index (κ1) is 16.7. The molecule has 0 aliphatic heterocycles. The average molecular weight is 366 g/mol. The second kappa shape index (κ2) is 8.11. The molecule has 0 amide bonds. The zero-order valence-corrected chi connectivity index (χ0v) is 15.5. The summed E-state index contributed by atoms with van der Waals surface area (Å²) in [7, 11) is 0. The second-order valence-electron chi connectivity index (χ2n) is 5.26. The van der Waals surface area contributed by atoms with E-state index in [1.807, 2.05) is 11.3 Å². The van der Waals surface area contributed by atoms with Crippen LogP contribution in [0.15, 0.2) is 34.1 Å². The summed E-state index contributed by atoms with van der Waals surface area (Å²) >= 11 is 5.51. The minimum Gasteiger partial charge on any atom is -0.306 e. The van der Waals surface area contributed by atoms with Gasteiger partial charge in [-0.25, -0.2) is 0 Å². The van der Waals surface area contributed by atoms with Gasteiger partial charge in [0.2, 0.25) is 0 Å². The van der Waals surface area contributed by atoms with Crippen molar-refractivity contribution in [3.63, 3.8) is 0 Å². The molecule has 2 aromatic rings. The predicted octanol–water partition coefficient (Wildman–Crippen LogP) is 5.72. The smallest absolute Gasteiger partial charge is 0.0682 e. The predicted molar refractivity (Wildman–Crippen MR) is 97.4 cm³/mol. The summed E-state index contributed by atoms with van der Waals surface area (Å²) in [6.07, 6.45) is 3.36. The summed E-state index contributed by atoms with van der Waals surface area (Å²) in [5.74, 6) is 0. The van der Waals surface area contributed by atoms with E-state index in [0.29, 0.717) is 0 Å². The Labute approximate surface area is 140 Å². The molecule has 0 saturated carbocycles. The Morgan fingerprint density at radius 2 is 1.86 bits per heavy atom. The highest BCUT2D eigenvalue weighted by atomic mass is 79.9. The van der Waals surface area contributed by atoms with Crippen molar-refractivity contribution >= 4 is 27.3 Å². The van der Waals surface area contributed by atoms with Crippen molar-refractivity contribution in [1.82, 2.24) is 5.32 Å². The first-order valence-corrected chi connectivity index (χ1v) is 9.46.